The van der Waals surface area contributed by atoms with Crippen molar-refractivity contribution >= 4 is 33.4 Å². The molecular formula is C15H20N2O3S2. The van der Waals surface area contributed by atoms with E-state index >= 15 is 0 Å². The Labute approximate surface area is 135 Å². The zero-order valence-electron chi connectivity index (χ0n) is 12.5. The summed E-state index contributed by atoms with van der Waals surface area (Å²) in [7, 11) is -3.48. The standard InChI is InChI=1S/C15H20N2O3S2/c1-11-15(18)16-13-10-12(6-7-14(13)21-11)22(19,20)17-8-4-2-3-5-9-17/h6-7,10-11H,2-5,8-9H2,1H3,(H,16,18). The molecular weight excluding hydrogens is 320 g/mol. The van der Waals surface area contributed by atoms with Gasteiger partial charge in [0, 0.05) is 18.0 Å². The van der Waals surface area contributed by atoms with Gasteiger partial charge in [0.25, 0.3) is 0 Å². The second-order valence-corrected chi connectivity index (χ2v) is 9.05. The topological polar surface area (TPSA) is 66.5 Å². The number of hydrogen-bond acceptors (Lipinski definition) is 4. The van der Waals surface area contributed by atoms with Gasteiger partial charge in [0.05, 0.1) is 15.8 Å². The Kier molecular flexibility index (Phi) is 4.47. The highest BCUT2D eigenvalue weighted by Gasteiger charge is 2.28. The molecule has 0 radical (unpaired) electrons. The molecule has 1 saturated heterocycles. The highest BCUT2D eigenvalue weighted by molar-refractivity contribution is 8.01. The maximum Gasteiger partial charge on any atom is 0.243 e. The zero-order valence-corrected chi connectivity index (χ0v) is 14.2. The molecule has 7 heteroatoms. The summed E-state index contributed by atoms with van der Waals surface area (Å²) in [5.41, 5.74) is 0.601. The van der Waals surface area contributed by atoms with E-state index in [1.54, 1.807) is 22.5 Å². The van der Waals surface area contributed by atoms with Gasteiger partial charge >= 0.3 is 0 Å². The lowest BCUT2D eigenvalue weighted by Gasteiger charge is -2.24. The summed E-state index contributed by atoms with van der Waals surface area (Å²) in [6.45, 7) is 3.00. The molecule has 2 aliphatic heterocycles. The highest BCUT2D eigenvalue weighted by Crippen LogP contribution is 2.37. The van der Waals surface area contributed by atoms with Gasteiger partial charge in [-0.2, -0.15) is 4.31 Å². The van der Waals surface area contributed by atoms with Crippen LogP contribution in [0.1, 0.15) is 32.6 Å². The number of amides is 1. The van der Waals surface area contributed by atoms with Crippen LogP contribution in [0, 0.1) is 0 Å². The van der Waals surface area contributed by atoms with Crippen LogP contribution >= 0.6 is 11.8 Å². The normalized spacial score (nSPS) is 23.5. The minimum absolute atomic E-state index is 0.0816. The number of sulfonamides is 1. The summed E-state index contributed by atoms with van der Waals surface area (Å²) in [5.74, 6) is -0.0816. The number of benzene rings is 1. The van der Waals surface area contributed by atoms with Gasteiger partial charge in [-0.15, -0.1) is 11.8 Å². The molecule has 0 aromatic heterocycles. The molecule has 5 nitrogen and oxygen atoms in total. The third-order valence-corrected chi connectivity index (χ3v) is 7.16. The average Bonchev–Trinajstić information content (AvgIpc) is 2.77. The molecule has 1 N–H and O–H groups in total. The highest BCUT2D eigenvalue weighted by atomic mass is 32.2. The number of thioether (sulfide) groups is 1. The van der Waals surface area contributed by atoms with Gasteiger partial charge in [0.2, 0.25) is 15.9 Å². The summed E-state index contributed by atoms with van der Waals surface area (Å²) in [6.07, 6.45) is 3.99. The minimum atomic E-state index is -3.48. The third-order valence-electron chi connectivity index (χ3n) is 4.08. The summed E-state index contributed by atoms with van der Waals surface area (Å²) < 4.78 is 27.1. The Morgan fingerprint density at radius 2 is 1.86 bits per heavy atom. The molecule has 0 saturated carbocycles. The van der Waals surface area contributed by atoms with Crippen LogP contribution in [0.4, 0.5) is 5.69 Å². The van der Waals surface area contributed by atoms with E-state index in [0.29, 0.717) is 18.8 Å². The van der Waals surface area contributed by atoms with Crippen LogP contribution in [-0.2, 0) is 14.8 Å². The van der Waals surface area contributed by atoms with Crippen molar-refractivity contribution in [2.24, 2.45) is 0 Å². The van der Waals surface area contributed by atoms with Crippen molar-refractivity contribution in [1.82, 2.24) is 4.31 Å². The Morgan fingerprint density at radius 1 is 1.18 bits per heavy atom. The Morgan fingerprint density at radius 3 is 2.55 bits per heavy atom. The molecule has 120 valence electrons. The van der Waals surface area contributed by atoms with E-state index in [0.717, 1.165) is 30.6 Å². The van der Waals surface area contributed by atoms with Gasteiger partial charge in [-0.25, -0.2) is 8.42 Å². The van der Waals surface area contributed by atoms with Gasteiger partial charge in [0.1, 0.15) is 0 Å². The number of nitrogens with one attached hydrogen (secondary N) is 1. The Balaban J connectivity index is 1.91. The van der Waals surface area contributed by atoms with E-state index in [1.807, 2.05) is 6.92 Å². The maximum atomic E-state index is 12.8. The number of nitrogens with zero attached hydrogens (tertiary/aromatic N) is 1. The molecule has 3 rings (SSSR count). The van der Waals surface area contributed by atoms with E-state index in [2.05, 4.69) is 5.32 Å². The molecule has 1 atom stereocenters. The number of hydrogen-bond donors (Lipinski definition) is 1. The van der Waals surface area contributed by atoms with E-state index in [1.165, 1.54) is 11.8 Å². The summed E-state index contributed by atoms with van der Waals surface area (Å²) in [5, 5.41) is 2.64. The van der Waals surface area contributed by atoms with E-state index < -0.39 is 10.0 Å². The van der Waals surface area contributed by atoms with Crippen LogP contribution in [0.15, 0.2) is 28.0 Å². The zero-order chi connectivity index (χ0) is 15.7. The molecule has 1 amide bonds. The second kappa shape index (κ2) is 6.22. The van der Waals surface area contributed by atoms with Crippen LogP contribution in [0.3, 0.4) is 0 Å². The van der Waals surface area contributed by atoms with Crippen LogP contribution < -0.4 is 5.32 Å². The van der Waals surface area contributed by atoms with Crippen LogP contribution in [0.25, 0.3) is 0 Å². The van der Waals surface area contributed by atoms with Crippen LogP contribution in [0.2, 0.25) is 0 Å². The van der Waals surface area contributed by atoms with Gasteiger partial charge in [0.15, 0.2) is 0 Å². The first-order chi connectivity index (χ1) is 10.5. The molecule has 0 spiro atoms. The Bertz CT molecular complexity index is 680. The fraction of sp³-hybridized carbons (Fsp3) is 0.533. The van der Waals surface area contributed by atoms with Crippen molar-refractivity contribution in [2.45, 2.75) is 47.6 Å². The van der Waals surface area contributed by atoms with Crippen molar-refractivity contribution in [1.29, 1.82) is 0 Å². The smallest absolute Gasteiger partial charge is 0.243 e. The first-order valence-corrected chi connectivity index (χ1v) is 9.92. The molecule has 1 aromatic carbocycles. The predicted molar refractivity (Wildman–Crippen MR) is 87.6 cm³/mol. The monoisotopic (exact) mass is 340 g/mol. The quantitative estimate of drug-likeness (QED) is 0.899. The van der Waals surface area contributed by atoms with E-state index in [9.17, 15) is 13.2 Å². The van der Waals surface area contributed by atoms with Crippen molar-refractivity contribution < 1.29 is 13.2 Å². The van der Waals surface area contributed by atoms with Crippen LogP contribution in [-0.4, -0.2) is 37.0 Å². The number of anilines is 1. The van der Waals surface area contributed by atoms with Gasteiger partial charge in [-0.05, 0) is 38.0 Å². The minimum Gasteiger partial charge on any atom is -0.324 e. The van der Waals surface area contributed by atoms with E-state index in [4.69, 9.17) is 0 Å². The largest absolute Gasteiger partial charge is 0.324 e. The summed E-state index contributed by atoms with van der Waals surface area (Å²) >= 11 is 1.46. The average molecular weight is 340 g/mol. The molecule has 22 heavy (non-hydrogen) atoms. The fourth-order valence-electron chi connectivity index (χ4n) is 2.78. The number of carbonyl (C=O) groups is 1. The molecule has 1 unspecified atom stereocenters. The van der Waals surface area contributed by atoms with Gasteiger partial charge in [-0.3, -0.25) is 4.79 Å². The molecule has 2 heterocycles. The van der Waals surface area contributed by atoms with E-state index in [-0.39, 0.29) is 16.1 Å². The SMILES string of the molecule is CC1Sc2ccc(S(=O)(=O)N3CCCCCC3)cc2NC1=O. The lowest BCUT2D eigenvalue weighted by molar-refractivity contribution is -0.115. The Hall–Kier alpha value is -1.05. The van der Waals surface area contributed by atoms with Crippen molar-refractivity contribution in [3.63, 3.8) is 0 Å². The fourth-order valence-corrected chi connectivity index (χ4v) is 5.25. The molecule has 1 aromatic rings. The van der Waals surface area contributed by atoms with Crippen molar-refractivity contribution in [3.05, 3.63) is 18.2 Å². The summed E-state index contributed by atoms with van der Waals surface area (Å²) in [4.78, 5) is 13.0. The molecule has 1 fully saturated rings. The third kappa shape index (κ3) is 3.02. The van der Waals surface area contributed by atoms with Crippen molar-refractivity contribution in [3.8, 4) is 0 Å². The number of rotatable bonds is 2. The first kappa shape index (κ1) is 15.8. The number of fused-ring (bicyclic) bond motifs is 1. The lowest BCUT2D eigenvalue weighted by atomic mass is 10.2. The molecule has 0 bridgehead atoms. The van der Waals surface area contributed by atoms with Crippen LogP contribution in [0.5, 0.6) is 0 Å². The first-order valence-electron chi connectivity index (χ1n) is 7.60. The number of carbonyl (C=O) groups excluding carboxylic acids is 1. The molecule has 0 aliphatic carbocycles. The summed E-state index contributed by atoms with van der Waals surface area (Å²) in [6, 6.07) is 5.03. The predicted octanol–water partition coefficient (Wildman–Crippen LogP) is 2.68. The van der Waals surface area contributed by atoms with Gasteiger partial charge < -0.3 is 5.32 Å². The van der Waals surface area contributed by atoms with Crippen molar-refractivity contribution in [2.75, 3.05) is 18.4 Å². The van der Waals surface area contributed by atoms with Gasteiger partial charge in [-0.1, -0.05) is 12.8 Å². The lowest BCUT2D eigenvalue weighted by Crippen LogP contribution is -2.32. The second-order valence-electron chi connectivity index (χ2n) is 5.73. The molecule has 2 aliphatic rings. The maximum absolute atomic E-state index is 12.8.